The van der Waals surface area contributed by atoms with Crippen molar-refractivity contribution in [3.63, 3.8) is 0 Å². The topological polar surface area (TPSA) is 27.0 Å². The summed E-state index contributed by atoms with van der Waals surface area (Å²) in [7, 11) is 0. The lowest BCUT2D eigenvalue weighted by Gasteiger charge is -2.30. The van der Waals surface area contributed by atoms with E-state index >= 15 is 0 Å². The normalized spacial score (nSPS) is 16.2. The first kappa shape index (κ1) is 27.1. The van der Waals surface area contributed by atoms with E-state index in [4.69, 9.17) is 0 Å². The standard InChI is InChI=1S/C27H30F6N2/c1-2-15-35(17-13-20-7-4-3-5-8-20)16-6-14-25(19-34,21-9-10-21)22-11-12-23(26(28,29)30)24(18-22)27(31,32)33/h3-5,7-8,11-12,18,21H,2,6,9-10,13-17H2,1H3. The van der Waals surface area contributed by atoms with Gasteiger partial charge in [-0.15, -0.1) is 0 Å². The van der Waals surface area contributed by atoms with Gasteiger partial charge in [0.1, 0.15) is 0 Å². The van der Waals surface area contributed by atoms with Crippen LogP contribution in [0.3, 0.4) is 0 Å². The highest BCUT2D eigenvalue weighted by Gasteiger charge is 2.49. The zero-order chi connectivity index (χ0) is 25.7. The van der Waals surface area contributed by atoms with Crippen LogP contribution in [0, 0.1) is 17.2 Å². The molecule has 0 spiro atoms. The molecule has 2 aromatic carbocycles. The van der Waals surface area contributed by atoms with Crippen molar-refractivity contribution in [3.8, 4) is 6.07 Å². The first-order chi connectivity index (χ1) is 16.5. The Bertz CT molecular complexity index is 1010. The van der Waals surface area contributed by atoms with E-state index in [1.165, 1.54) is 5.56 Å². The van der Waals surface area contributed by atoms with Gasteiger partial charge < -0.3 is 4.90 Å². The predicted octanol–water partition coefficient (Wildman–Crippen LogP) is 7.63. The third kappa shape index (κ3) is 6.78. The number of hydrogen-bond donors (Lipinski definition) is 0. The molecule has 3 rings (SSSR count). The molecule has 0 radical (unpaired) electrons. The van der Waals surface area contributed by atoms with Crippen LogP contribution in [-0.2, 0) is 24.2 Å². The summed E-state index contributed by atoms with van der Waals surface area (Å²) in [6, 6.07) is 14.4. The zero-order valence-corrected chi connectivity index (χ0v) is 19.7. The average Bonchev–Trinajstić information content (AvgIpc) is 3.65. The summed E-state index contributed by atoms with van der Waals surface area (Å²) < 4.78 is 80.4. The minimum absolute atomic E-state index is 0.0363. The molecule has 35 heavy (non-hydrogen) atoms. The van der Waals surface area contributed by atoms with Gasteiger partial charge in [0, 0.05) is 6.54 Å². The van der Waals surface area contributed by atoms with Gasteiger partial charge in [0.15, 0.2) is 0 Å². The minimum Gasteiger partial charge on any atom is -0.303 e. The van der Waals surface area contributed by atoms with E-state index in [0.29, 0.717) is 44.4 Å². The van der Waals surface area contributed by atoms with Gasteiger partial charge in [-0.05, 0) is 80.8 Å². The van der Waals surface area contributed by atoms with Gasteiger partial charge in [0.05, 0.1) is 22.6 Å². The van der Waals surface area contributed by atoms with Crippen molar-refractivity contribution >= 4 is 0 Å². The van der Waals surface area contributed by atoms with Crippen molar-refractivity contribution in [2.75, 3.05) is 19.6 Å². The molecule has 0 saturated heterocycles. The van der Waals surface area contributed by atoms with Gasteiger partial charge in [0.2, 0.25) is 0 Å². The van der Waals surface area contributed by atoms with Crippen molar-refractivity contribution in [1.29, 1.82) is 5.26 Å². The highest BCUT2D eigenvalue weighted by Crippen LogP contribution is 2.51. The summed E-state index contributed by atoms with van der Waals surface area (Å²) in [6.45, 7) is 4.41. The average molecular weight is 497 g/mol. The van der Waals surface area contributed by atoms with Crippen LogP contribution in [0.15, 0.2) is 48.5 Å². The number of benzene rings is 2. The Morgan fingerprint density at radius 2 is 1.54 bits per heavy atom. The lowest BCUT2D eigenvalue weighted by Crippen LogP contribution is -2.32. The number of hydrogen-bond acceptors (Lipinski definition) is 2. The predicted molar refractivity (Wildman–Crippen MR) is 123 cm³/mol. The fourth-order valence-electron chi connectivity index (χ4n) is 4.84. The van der Waals surface area contributed by atoms with Crippen LogP contribution in [0.2, 0.25) is 0 Å². The lowest BCUT2D eigenvalue weighted by atomic mass is 9.73. The van der Waals surface area contributed by atoms with Gasteiger partial charge in [-0.3, -0.25) is 0 Å². The molecule has 1 saturated carbocycles. The second kappa shape index (κ2) is 11.0. The van der Waals surface area contributed by atoms with E-state index in [2.05, 4.69) is 30.0 Å². The fourth-order valence-corrected chi connectivity index (χ4v) is 4.84. The van der Waals surface area contributed by atoms with E-state index in [1.54, 1.807) is 0 Å². The van der Waals surface area contributed by atoms with Crippen LogP contribution in [0.25, 0.3) is 0 Å². The van der Waals surface area contributed by atoms with Crippen molar-refractivity contribution < 1.29 is 26.3 Å². The molecule has 0 aromatic heterocycles. The molecule has 2 nitrogen and oxygen atoms in total. The quantitative estimate of drug-likeness (QED) is 0.299. The van der Waals surface area contributed by atoms with Crippen LogP contribution in [0.5, 0.6) is 0 Å². The molecule has 190 valence electrons. The maximum Gasteiger partial charge on any atom is 0.417 e. The van der Waals surface area contributed by atoms with Crippen molar-refractivity contribution in [2.45, 2.75) is 63.2 Å². The SMILES string of the molecule is CCCN(CCCC(C#N)(c1ccc(C(F)(F)F)c(C(F)(F)F)c1)C1CC1)CCc1ccccc1. The van der Waals surface area contributed by atoms with Crippen molar-refractivity contribution in [3.05, 3.63) is 70.8 Å². The van der Waals surface area contributed by atoms with E-state index in [0.717, 1.165) is 32.0 Å². The monoisotopic (exact) mass is 496 g/mol. The molecule has 1 aliphatic rings. The van der Waals surface area contributed by atoms with Crippen LogP contribution in [0.1, 0.15) is 61.3 Å². The summed E-state index contributed by atoms with van der Waals surface area (Å²) in [5.74, 6) is -0.144. The maximum atomic E-state index is 13.5. The minimum atomic E-state index is -5.17. The molecular formula is C27H30F6N2. The second-order valence-corrected chi connectivity index (χ2v) is 9.29. The Labute approximate surface area is 202 Å². The highest BCUT2D eigenvalue weighted by molar-refractivity contribution is 5.43. The number of rotatable bonds is 11. The smallest absolute Gasteiger partial charge is 0.303 e. The Morgan fingerprint density at radius 1 is 0.886 bits per heavy atom. The molecule has 1 fully saturated rings. The van der Waals surface area contributed by atoms with Crippen LogP contribution < -0.4 is 0 Å². The molecule has 0 amide bonds. The summed E-state index contributed by atoms with van der Waals surface area (Å²) in [4.78, 5) is 2.27. The Kier molecular flexibility index (Phi) is 8.53. The first-order valence-corrected chi connectivity index (χ1v) is 12.0. The molecule has 0 N–H and O–H groups in total. The van der Waals surface area contributed by atoms with E-state index in [-0.39, 0.29) is 11.5 Å². The van der Waals surface area contributed by atoms with Crippen LogP contribution in [0.4, 0.5) is 26.3 Å². The summed E-state index contributed by atoms with van der Waals surface area (Å²) >= 11 is 0. The van der Waals surface area contributed by atoms with Crippen LogP contribution in [-0.4, -0.2) is 24.5 Å². The third-order valence-corrected chi connectivity index (χ3v) is 6.76. The Morgan fingerprint density at radius 3 is 2.09 bits per heavy atom. The molecular weight excluding hydrogens is 466 g/mol. The Hall–Kier alpha value is -2.53. The summed E-state index contributed by atoms with van der Waals surface area (Å²) in [5.41, 5.74) is -3.41. The third-order valence-electron chi connectivity index (χ3n) is 6.76. The molecule has 8 heteroatoms. The number of nitriles is 1. The van der Waals surface area contributed by atoms with E-state index in [9.17, 15) is 31.6 Å². The Balaban J connectivity index is 1.79. The van der Waals surface area contributed by atoms with Gasteiger partial charge in [0.25, 0.3) is 0 Å². The molecule has 0 bridgehead atoms. The number of nitrogens with zero attached hydrogens (tertiary/aromatic N) is 2. The summed E-state index contributed by atoms with van der Waals surface area (Å²) in [5, 5.41) is 10.1. The molecule has 1 unspecified atom stereocenters. The van der Waals surface area contributed by atoms with Gasteiger partial charge >= 0.3 is 12.4 Å². The van der Waals surface area contributed by atoms with Crippen molar-refractivity contribution in [1.82, 2.24) is 4.90 Å². The zero-order valence-electron chi connectivity index (χ0n) is 19.7. The van der Waals surface area contributed by atoms with Crippen LogP contribution >= 0.6 is 0 Å². The number of halogens is 6. The molecule has 1 atom stereocenters. The van der Waals surface area contributed by atoms with E-state index < -0.39 is 28.9 Å². The largest absolute Gasteiger partial charge is 0.417 e. The molecule has 1 aliphatic carbocycles. The van der Waals surface area contributed by atoms with E-state index in [1.807, 2.05) is 18.2 Å². The van der Waals surface area contributed by atoms with Gasteiger partial charge in [-0.1, -0.05) is 43.3 Å². The maximum absolute atomic E-state index is 13.5. The second-order valence-electron chi connectivity index (χ2n) is 9.29. The molecule has 0 heterocycles. The molecule has 2 aromatic rings. The highest BCUT2D eigenvalue weighted by atomic mass is 19.4. The fraction of sp³-hybridized carbons (Fsp3) is 0.519. The van der Waals surface area contributed by atoms with Gasteiger partial charge in [-0.25, -0.2) is 0 Å². The summed E-state index contributed by atoms with van der Waals surface area (Å²) in [6.07, 6.45) is -6.25. The molecule has 0 aliphatic heterocycles. The number of alkyl halides is 6. The van der Waals surface area contributed by atoms with Gasteiger partial charge in [-0.2, -0.15) is 31.6 Å². The lowest BCUT2D eigenvalue weighted by molar-refractivity contribution is -0.162. The first-order valence-electron chi connectivity index (χ1n) is 12.0. The van der Waals surface area contributed by atoms with Crippen molar-refractivity contribution in [2.24, 2.45) is 5.92 Å².